The van der Waals surface area contributed by atoms with E-state index in [2.05, 4.69) is 4.74 Å². The first-order valence-corrected chi connectivity index (χ1v) is 4.89. The lowest BCUT2D eigenvalue weighted by molar-refractivity contribution is -0.236. The van der Waals surface area contributed by atoms with E-state index >= 15 is 0 Å². The molecule has 0 amide bonds. The van der Waals surface area contributed by atoms with Crippen LogP contribution in [0.25, 0.3) is 0 Å². The molecule has 1 aliphatic rings. The smallest absolute Gasteiger partial charge is 0.369 e. The Balaban J connectivity index is 2.52. The van der Waals surface area contributed by atoms with Crippen LogP contribution >= 0.6 is 0 Å². The first-order chi connectivity index (χ1) is 6.45. The van der Waals surface area contributed by atoms with E-state index in [1.165, 1.54) is 0 Å². The fraction of sp³-hybridized carbons (Fsp3) is 1.00. The number of hydrogen-bond acceptors (Lipinski definition) is 2. The molecule has 1 heterocycles. The quantitative estimate of drug-likeness (QED) is 0.759. The predicted octanol–water partition coefficient (Wildman–Crippen LogP) is 2.08. The van der Waals surface area contributed by atoms with Crippen molar-refractivity contribution >= 4 is 0 Å². The number of hydrogen-bond donors (Lipinski definition) is 1. The van der Waals surface area contributed by atoms with E-state index < -0.39 is 12.3 Å². The van der Waals surface area contributed by atoms with E-state index in [1.807, 2.05) is 6.92 Å². The monoisotopic (exact) mass is 211 g/mol. The zero-order valence-electron chi connectivity index (χ0n) is 8.18. The van der Waals surface area contributed by atoms with Crippen LogP contribution in [-0.2, 0) is 4.74 Å². The molecule has 0 spiro atoms. The average molecular weight is 211 g/mol. The number of halogens is 3. The lowest BCUT2D eigenvalue weighted by Gasteiger charge is -2.33. The van der Waals surface area contributed by atoms with Gasteiger partial charge in [0.15, 0.2) is 6.10 Å². The number of alkyl halides is 3. The minimum absolute atomic E-state index is 0.0124. The van der Waals surface area contributed by atoms with Gasteiger partial charge in [-0.1, -0.05) is 6.92 Å². The second-order valence-corrected chi connectivity index (χ2v) is 3.76. The van der Waals surface area contributed by atoms with Gasteiger partial charge in [0.05, 0.1) is 0 Å². The van der Waals surface area contributed by atoms with E-state index in [1.54, 1.807) is 0 Å². The molecule has 2 nitrogen and oxygen atoms in total. The molecule has 0 radical (unpaired) electrons. The van der Waals surface area contributed by atoms with Crippen LogP contribution in [0, 0.1) is 5.92 Å². The van der Waals surface area contributed by atoms with Gasteiger partial charge in [-0.2, -0.15) is 13.2 Å². The third-order valence-electron chi connectivity index (χ3n) is 2.77. The Bertz CT molecular complexity index is 183. The van der Waals surface area contributed by atoms with Gasteiger partial charge in [-0.3, -0.25) is 0 Å². The summed E-state index contributed by atoms with van der Waals surface area (Å²) in [5, 5.41) is 0. The van der Waals surface area contributed by atoms with Crippen LogP contribution < -0.4 is 5.73 Å². The summed E-state index contributed by atoms with van der Waals surface area (Å²) in [6, 6.07) is -0.135. The molecule has 1 rings (SSSR count). The van der Waals surface area contributed by atoms with Gasteiger partial charge in [-0.25, -0.2) is 0 Å². The summed E-state index contributed by atoms with van der Waals surface area (Å²) in [6.45, 7) is 2.06. The predicted molar refractivity (Wildman–Crippen MR) is 46.8 cm³/mol. The highest BCUT2D eigenvalue weighted by Gasteiger charge is 2.44. The summed E-state index contributed by atoms with van der Waals surface area (Å²) in [4.78, 5) is 0. The van der Waals surface area contributed by atoms with E-state index in [4.69, 9.17) is 5.73 Å². The molecule has 0 aromatic carbocycles. The van der Waals surface area contributed by atoms with Gasteiger partial charge in [0.1, 0.15) is 0 Å². The van der Waals surface area contributed by atoms with Crippen LogP contribution in [0.3, 0.4) is 0 Å². The van der Waals surface area contributed by atoms with Gasteiger partial charge in [0, 0.05) is 12.6 Å². The highest BCUT2D eigenvalue weighted by molar-refractivity contribution is 4.82. The van der Waals surface area contributed by atoms with Crippen molar-refractivity contribution in [2.45, 2.75) is 44.5 Å². The largest absolute Gasteiger partial charge is 0.414 e. The van der Waals surface area contributed by atoms with Crippen LogP contribution in [0.4, 0.5) is 13.2 Å². The molecule has 5 heteroatoms. The summed E-state index contributed by atoms with van der Waals surface area (Å²) in [6.07, 6.45) is -4.49. The lowest BCUT2D eigenvalue weighted by Crippen LogP contribution is -2.43. The molecule has 0 bridgehead atoms. The van der Waals surface area contributed by atoms with Crippen molar-refractivity contribution in [1.82, 2.24) is 0 Å². The molecule has 3 unspecified atom stereocenters. The van der Waals surface area contributed by atoms with Gasteiger partial charge in [0.2, 0.25) is 0 Å². The molecule has 0 aromatic heterocycles. The molecule has 1 saturated heterocycles. The summed E-state index contributed by atoms with van der Waals surface area (Å²) in [5.74, 6) is -0.0552. The summed E-state index contributed by atoms with van der Waals surface area (Å²) >= 11 is 0. The normalized spacial score (nSPS) is 31.5. The van der Waals surface area contributed by atoms with Gasteiger partial charge < -0.3 is 10.5 Å². The van der Waals surface area contributed by atoms with Crippen molar-refractivity contribution < 1.29 is 17.9 Å². The third-order valence-corrected chi connectivity index (χ3v) is 2.77. The standard InChI is InChI=1S/C9H16F3NO/c1-2-7(13)6-3-4-14-8(5-6)9(10,11)12/h6-8H,2-5,13H2,1H3. The van der Waals surface area contributed by atoms with Crippen LogP contribution in [-0.4, -0.2) is 24.9 Å². The van der Waals surface area contributed by atoms with E-state index in [9.17, 15) is 13.2 Å². The van der Waals surface area contributed by atoms with E-state index in [0.29, 0.717) is 6.42 Å². The lowest BCUT2D eigenvalue weighted by atomic mass is 9.87. The van der Waals surface area contributed by atoms with Crippen molar-refractivity contribution in [3.05, 3.63) is 0 Å². The second kappa shape index (κ2) is 4.49. The molecule has 84 valence electrons. The van der Waals surface area contributed by atoms with Crippen LogP contribution in [0.5, 0.6) is 0 Å². The highest BCUT2D eigenvalue weighted by atomic mass is 19.4. The molecule has 0 saturated carbocycles. The summed E-state index contributed by atoms with van der Waals surface area (Å²) in [5.41, 5.74) is 5.73. The maximum Gasteiger partial charge on any atom is 0.414 e. The minimum Gasteiger partial charge on any atom is -0.369 e. The first kappa shape index (κ1) is 11.8. The molecule has 3 atom stereocenters. The molecule has 1 aliphatic heterocycles. The number of nitrogens with two attached hydrogens (primary N) is 1. The Kier molecular flexibility index (Phi) is 3.78. The maximum atomic E-state index is 12.3. The van der Waals surface area contributed by atoms with E-state index in [-0.39, 0.29) is 25.0 Å². The Morgan fingerprint density at radius 1 is 1.50 bits per heavy atom. The van der Waals surface area contributed by atoms with Crippen LogP contribution in [0.2, 0.25) is 0 Å². The summed E-state index contributed by atoms with van der Waals surface area (Å²) in [7, 11) is 0. The topological polar surface area (TPSA) is 35.2 Å². The number of ether oxygens (including phenoxy) is 1. The van der Waals surface area contributed by atoms with Gasteiger partial charge in [-0.15, -0.1) is 0 Å². The molecule has 0 aliphatic carbocycles. The fourth-order valence-electron chi connectivity index (χ4n) is 1.77. The Labute approximate surface area is 81.6 Å². The zero-order chi connectivity index (χ0) is 10.8. The zero-order valence-corrected chi connectivity index (χ0v) is 8.18. The fourth-order valence-corrected chi connectivity index (χ4v) is 1.77. The van der Waals surface area contributed by atoms with Crippen LogP contribution in [0.1, 0.15) is 26.2 Å². The molecule has 14 heavy (non-hydrogen) atoms. The van der Waals surface area contributed by atoms with Gasteiger partial charge in [-0.05, 0) is 25.2 Å². The molecular weight excluding hydrogens is 195 g/mol. The van der Waals surface area contributed by atoms with E-state index in [0.717, 1.165) is 6.42 Å². The Hall–Kier alpha value is -0.290. The highest BCUT2D eigenvalue weighted by Crippen LogP contribution is 2.33. The second-order valence-electron chi connectivity index (χ2n) is 3.76. The van der Waals surface area contributed by atoms with Crippen molar-refractivity contribution in [3.63, 3.8) is 0 Å². The third kappa shape index (κ3) is 2.85. The Morgan fingerprint density at radius 3 is 2.64 bits per heavy atom. The average Bonchev–Trinajstić information content (AvgIpc) is 2.15. The molecule has 2 N–H and O–H groups in total. The first-order valence-electron chi connectivity index (χ1n) is 4.89. The Morgan fingerprint density at radius 2 is 2.14 bits per heavy atom. The van der Waals surface area contributed by atoms with Crippen molar-refractivity contribution in [3.8, 4) is 0 Å². The minimum atomic E-state index is -4.24. The summed E-state index contributed by atoms with van der Waals surface area (Å²) < 4.78 is 41.6. The SMILES string of the molecule is CCC(N)C1CCOC(C(F)(F)F)C1. The number of rotatable bonds is 2. The van der Waals surface area contributed by atoms with Crippen LogP contribution in [0.15, 0.2) is 0 Å². The maximum absolute atomic E-state index is 12.3. The van der Waals surface area contributed by atoms with Gasteiger partial charge in [0.25, 0.3) is 0 Å². The van der Waals surface area contributed by atoms with Gasteiger partial charge >= 0.3 is 6.18 Å². The molecular formula is C9H16F3NO. The molecule has 0 aromatic rings. The van der Waals surface area contributed by atoms with Crippen molar-refractivity contribution in [2.75, 3.05) is 6.61 Å². The van der Waals surface area contributed by atoms with Crippen molar-refractivity contribution in [2.24, 2.45) is 11.7 Å². The molecule has 1 fully saturated rings. The van der Waals surface area contributed by atoms with Crippen molar-refractivity contribution in [1.29, 1.82) is 0 Å².